The molecule has 4 N–H and O–H groups in total. The van der Waals surface area contributed by atoms with Crippen LogP contribution in [-0.4, -0.2) is 35.2 Å². The minimum atomic E-state index is -1.40. The van der Waals surface area contributed by atoms with Gasteiger partial charge < -0.3 is 16.4 Å². The molecular weight excluding hydrogens is 475 g/mol. The summed E-state index contributed by atoms with van der Waals surface area (Å²) < 4.78 is 0. The van der Waals surface area contributed by atoms with E-state index in [9.17, 15) is 19.2 Å². The number of thiophene rings is 1. The Hall–Kier alpha value is -2.62. The van der Waals surface area contributed by atoms with Gasteiger partial charge >= 0.3 is 6.03 Å². The van der Waals surface area contributed by atoms with Crippen LogP contribution in [-0.2, 0) is 28.0 Å². The molecule has 4 rings (SSSR count). The Morgan fingerprint density at radius 2 is 1.94 bits per heavy atom. The molecule has 32 heavy (non-hydrogen) atoms. The van der Waals surface area contributed by atoms with Gasteiger partial charge in [-0.3, -0.25) is 19.3 Å². The minimum Gasteiger partial charge on any atom is -0.365 e. The fourth-order valence-corrected chi connectivity index (χ4v) is 5.68. The molecule has 11 heteroatoms. The Morgan fingerprint density at radius 1 is 1.22 bits per heavy atom. The Labute approximate surface area is 198 Å². The van der Waals surface area contributed by atoms with Crippen LogP contribution in [0.3, 0.4) is 0 Å². The van der Waals surface area contributed by atoms with Gasteiger partial charge in [0.05, 0.1) is 15.6 Å². The molecule has 1 saturated heterocycles. The molecule has 1 aliphatic heterocycles. The van der Waals surface area contributed by atoms with Gasteiger partial charge in [-0.25, -0.2) is 4.79 Å². The summed E-state index contributed by atoms with van der Waals surface area (Å²) in [6.45, 7) is 1.02. The number of benzene rings is 1. The number of nitrogens with one attached hydrogen (secondary N) is 2. The number of halogens is 2. The number of nitrogens with zero attached hydrogens (tertiary/aromatic N) is 1. The molecule has 1 atom stereocenters. The number of anilines is 1. The highest BCUT2D eigenvalue weighted by molar-refractivity contribution is 7.17. The van der Waals surface area contributed by atoms with Crippen LogP contribution >= 0.6 is 34.5 Å². The van der Waals surface area contributed by atoms with Crippen LogP contribution < -0.4 is 16.4 Å². The molecule has 1 unspecified atom stereocenters. The van der Waals surface area contributed by atoms with Gasteiger partial charge in [-0.15, -0.1) is 11.3 Å². The van der Waals surface area contributed by atoms with Crippen molar-refractivity contribution in [2.24, 2.45) is 5.73 Å². The highest BCUT2D eigenvalue weighted by Crippen LogP contribution is 2.38. The zero-order chi connectivity index (χ0) is 23.2. The second-order valence-corrected chi connectivity index (χ2v) is 9.82. The normalized spacial score (nSPS) is 20.2. The van der Waals surface area contributed by atoms with Crippen molar-refractivity contribution in [2.45, 2.75) is 38.1 Å². The molecule has 0 radical (unpaired) electrons. The summed E-state index contributed by atoms with van der Waals surface area (Å²) in [6, 6.07) is 3.91. The zero-order valence-corrected chi connectivity index (χ0v) is 19.4. The largest absolute Gasteiger partial charge is 0.365 e. The molecule has 1 fully saturated rings. The van der Waals surface area contributed by atoms with Crippen LogP contribution in [0.25, 0.3) is 0 Å². The molecule has 0 bridgehead atoms. The third-order valence-corrected chi connectivity index (χ3v) is 7.69. The van der Waals surface area contributed by atoms with Gasteiger partial charge in [-0.1, -0.05) is 29.3 Å². The topological polar surface area (TPSA) is 122 Å². The van der Waals surface area contributed by atoms with E-state index in [2.05, 4.69) is 10.6 Å². The second-order valence-electron chi connectivity index (χ2n) is 7.90. The highest BCUT2D eigenvalue weighted by Gasteiger charge is 2.49. The lowest BCUT2D eigenvalue weighted by atomic mass is 9.92. The first-order valence-corrected chi connectivity index (χ1v) is 11.5. The summed E-state index contributed by atoms with van der Waals surface area (Å²) in [6.07, 6.45) is 3.52. The third kappa shape index (κ3) is 3.85. The molecular formula is C21H20Cl2N4O4S. The first kappa shape index (κ1) is 22.6. The molecule has 2 aromatic rings. The van der Waals surface area contributed by atoms with E-state index in [0.717, 1.165) is 41.0 Å². The van der Waals surface area contributed by atoms with Gasteiger partial charge in [0.25, 0.3) is 11.8 Å². The standard InChI is InChI=1S/C21H20Cl2N4O4S/c1-21(10-6-7-12(22)13(23)8-10)19(30)27(20(31)26-21)9-15(28)25-18-16(17(24)29)11-4-2-3-5-14(11)32-18/h6-8H,2-5,9H2,1H3,(H2,24,29)(H,25,28)(H,26,31). The number of fused-ring (bicyclic) bond motifs is 1. The number of imide groups is 1. The Morgan fingerprint density at radius 3 is 2.62 bits per heavy atom. The number of rotatable bonds is 5. The van der Waals surface area contributed by atoms with Gasteiger partial charge in [0, 0.05) is 4.88 Å². The second kappa shape index (κ2) is 8.38. The van der Waals surface area contributed by atoms with Crippen molar-refractivity contribution in [3.8, 4) is 0 Å². The number of amides is 5. The molecule has 1 aliphatic carbocycles. The Kier molecular flexibility index (Phi) is 5.91. The third-order valence-electron chi connectivity index (χ3n) is 5.74. The first-order chi connectivity index (χ1) is 15.1. The fraction of sp³-hybridized carbons (Fsp3) is 0.333. The van der Waals surface area contributed by atoms with E-state index >= 15 is 0 Å². The van der Waals surface area contributed by atoms with Crippen LogP contribution in [0.4, 0.5) is 9.80 Å². The molecule has 1 aromatic carbocycles. The first-order valence-electron chi connectivity index (χ1n) is 9.95. The van der Waals surface area contributed by atoms with Gasteiger partial charge in [-0.2, -0.15) is 0 Å². The van der Waals surface area contributed by atoms with E-state index < -0.39 is 35.8 Å². The van der Waals surface area contributed by atoms with Crippen LogP contribution in [0.15, 0.2) is 18.2 Å². The van der Waals surface area contributed by atoms with E-state index in [4.69, 9.17) is 28.9 Å². The van der Waals surface area contributed by atoms with Crippen molar-refractivity contribution in [1.82, 2.24) is 10.2 Å². The zero-order valence-electron chi connectivity index (χ0n) is 17.1. The van der Waals surface area contributed by atoms with Crippen molar-refractivity contribution in [1.29, 1.82) is 0 Å². The molecule has 2 aliphatic rings. The van der Waals surface area contributed by atoms with Crippen molar-refractivity contribution >= 4 is 63.3 Å². The summed E-state index contributed by atoms with van der Waals surface area (Å²) in [7, 11) is 0. The van der Waals surface area contributed by atoms with Crippen molar-refractivity contribution in [3.05, 3.63) is 49.8 Å². The molecule has 2 heterocycles. The summed E-state index contributed by atoms with van der Waals surface area (Å²) in [4.78, 5) is 52.2. The van der Waals surface area contributed by atoms with Gasteiger partial charge in [0.2, 0.25) is 5.91 Å². The van der Waals surface area contributed by atoms with Crippen molar-refractivity contribution in [3.63, 3.8) is 0 Å². The predicted molar refractivity (Wildman–Crippen MR) is 122 cm³/mol. The fourth-order valence-electron chi connectivity index (χ4n) is 4.07. The number of urea groups is 1. The van der Waals surface area contributed by atoms with E-state index in [1.54, 1.807) is 6.07 Å². The van der Waals surface area contributed by atoms with Gasteiger partial charge in [0.15, 0.2) is 0 Å². The molecule has 1 aromatic heterocycles. The molecule has 5 amide bonds. The summed E-state index contributed by atoms with van der Waals surface area (Å²) in [5, 5.41) is 6.19. The number of hydrogen-bond acceptors (Lipinski definition) is 5. The smallest absolute Gasteiger partial charge is 0.325 e. The van der Waals surface area contributed by atoms with Gasteiger partial charge in [-0.05, 0) is 55.9 Å². The maximum absolute atomic E-state index is 13.1. The van der Waals surface area contributed by atoms with Gasteiger partial charge in [0.1, 0.15) is 17.1 Å². The van der Waals surface area contributed by atoms with Crippen molar-refractivity contribution < 1.29 is 19.2 Å². The lowest BCUT2D eigenvalue weighted by Crippen LogP contribution is -2.42. The number of nitrogens with two attached hydrogens (primary N) is 1. The number of primary amides is 1. The van der Waals surface area contributed by atoms with Crippen LogP contribution in [0.2, 0.25) is 10.0 Å². The SMILES string of the molecule is CC1(c2ccc(Cl)c(Cl)c2)NC(=O)N(CC(=O)Nc2sc3c(c2C(N)=O)CCCC3)C1=O. The molecule has 0 saturated carbocycles. The van der Waals surface area contributed by atoms with Crippen LogP contribution in [0.1, 0.15) is 46.1 Å². The van der Waals surface area contributed by atoms with Crippen LogP contribution in [0, 0.1) is 0 Å². The summed E-state index contributed by atoms with van der Waals surface area (Å²) in [5.41, 5.74) is 5.80. The number of aryl methyl sites for hydroxylation is 1. The Balaban J connectivity index is 1.53. The molecule has 0 spiro atoms. The summed E-state index contributed by atoms with van der Waals surface area (Å²) >= 11 is 13.3. The maximum Gasteiger partial charge on any atom is 0.325 e. The average Bonchev–Trinajstić information content (AvgIpc) is 3.20. The van der Waals surface area contributed by atoms with E-state index in [-0.39, 0.29) is 5.02 Å². The lowest BCUT2D eigenvalue weighted by molar-refractivity contribution is -0.133. The summed E-state index contributed by atoms with van der Waals surface area (Å²) in [5.74, 6) is -1.81. The number of carbonyl (C=O) groups is 4. The van der Waals surface area contributed by atoms with E-state index in [1.807, 2.05) is 0 Å². The number of hydrogen-bond donors (Lipinski definition) is 3. The quantitative estimate of drug-likeness (QED) is 0.550. The molecule has 8 nitrogen and oxygen atoms in total. The van der Waals surface area contributed by atoms with Crippen LogP contribution in [0.5, 0.6) is 0 Å². The monoisotopic (exact) mass is 494 g/mol. The highest BCUT2D eigenvalue weighted by atomic mass is 35.5. The lowest BCUT2D eigenvalue weighted by Gasteiger charge is -2.22. The van der Waals surface area contributed by atoms with E-state index in [0.29, 0.717) is 21.2 Å². The van der Waals surface area contributed by atoms with Crippen molar-refractivity contribution in [2.75, 3.05) is 11.9 Å². The Bertz CT molecular complexity index is 1160. The van der Waals surface area contributed by atoms with E-state index in [1.165, 1.54) is 30.4 Å². The molecule has 168 valence electrons. The average molecular weight is 495 g/mol. The minimum absolute atomic E-state index is 0.240. The maximum atomic E-state index is 13.1. The predicted octanol–water partition coefficient (Wildman–Crippen LogP) is 3.44. The number of carbonyl (C=O) groups excluding carboxylic acids is 4.